The van der Waals surface area contributed by atoms with Crippen LogP contribution in [0.1, 0.15) is 62.4 Å². The number of nitrogens with zero attached hydrogens (tertiary/aromatic N) is 2. The first kappa shape index (κ1) is 16.2. The summed E-state index contributed by atoms with van der Waals surface area (Å²) in [7, 11) is 1.95. The normalized spacial score (nSPS) is 35.2. The lowest BCUT2D eigenvalue weighted by Gasteiger charge is -2.59. The Morgan fingerprint density at radius 2 is 1.75 bits per heavy atom. The molecule has 0 saturated heterocycles. The van der Waals surface area contributed by atoms with Crippen LogP contribution >= 0.6 is 0 Å². The molecule has 1 aromatic rings. The predicted molar refractivity (Wildman–Crippen MR) is 94.6 cm³/mol. The van der Waals surface area contributed by atoms with Crippen molar-refractivity contribution in [3.8, 4) is 0 Å². The number of rotatable bonds is 4. The van der Waals surface area contributed by atoms with Crippen LogP contribution in [0, 0.1) is 37.0 Å². The molecule has 0 radical (unpaired) electrons. The van der Waals surface area contributed by atoms with Crippen molar-refractivity contribution >= 4 is 5.91 Å². The molecular weight excluding hydrogens is 298 g/mol. The SMILES string of the molecule is Cc1nn(C)c(C)c1CC(=O)N[C@@H](C)C12CC3CC(CC(C3)C1)C2. The third-order valence-electron chi connectivity index (χ3n) is 7.38. The van der Waals surface area contributed by atoms with Gasteiger partial charge in [-0.25, -0.2) is 0 Å². The summed E-state index contributed by atoms with van der Waals surface area (Å²) in [5, 5.41) is 7.81. The van der Waals surface area contributed by atoms with Crippen molar-refractivity contribution in [3.05, 3.63) is 17.0 Å². The second kappa shape index (κ2) is 5.60. The van der Waals surface area contributed by atoms with Gasteiger partial charge in [0, 0.05) is 24.3 Å². The van der Waals surface area contributed by atoms with E-state index >= 15 is 0 Å². The Kier molecular flexibility index (Phi) is 3.77. The molecule has 1 amide bonds. The lowest BCUT2D eigenvalue weighted by Crippen LogP contribution is -2.56. The average molecular weight is 329 g/mol. The van der Waals surface area contributed by atoms with E-state index in [1.807, 2.05) is 25.6 Å². The van der Waals surface area contributed by atoms with E-state index in [0.717, 1.165) is 34.7 Å². The molecule has 24 heavy (non-hydrogen) atoms. The topological polar surface area (TPSA) is 46.9 Å². The highest BCUT2D eigenvalue weighted by Crippen LogP contribution is 2.61. The second-order valence-electron chi connectivity index (χ2n) is 9.02. The summed E-state index contributed by atoms with van der Waals surface area (Å²) in [6.45, 7) is 6.30. The van der Waals surface area contributed by atoms with E-state index in [0.29, 0.717) is 17.9 Å². The van der Waals surface area contributed by atoms with Gasteiger partial charge < -0.3 is 5.32 Å². The van der Waals surface area contributed by atoms with Gasteiger partial charge >= 0.3 is 0 Å². The van der Waals surface area contributed by atoms with Crippen molar-refractivity contribution in [1.82, 2.24) is 15.1 Å². The van der Waals surface area contributed by atoms with E-state index in [1.165, 1.54) is 38.5 Å². The zero-order valence-electron chi connectivity index (χ0n) is 15.6. The molecule has 4 bridgehead atoms. The van der Waals surface area contributed by atoms with Crippen molar-refractivity contribution in [2.75, 3.05) is 0 Å². The standard InChI is InChI=1S/C20H31N3O/c1-12-18(13(2)23(4)22-12)8-19(24)21-14(3)20-9-15-5-16(10-20)7-17(6-15)11-20/h14-17H,5-11H2,1-4H3,(H,21,24)/t14-,15?,16?,17?,20?/m0/s1. The minimum atomic E-state index is 0.164. The van der Waals surface area contributed by atoms with Crippen LogP contribution in [0.2, 0.25) is 0 Å². The molecule has 5 rings (SSSR count). The van der Waals surface area contributed by atoms with Crippen LogP contribution in [0.3, 0.4) is 0 Å². The number of carbonyl (C=O) groups is 1. The van der Waals surface area contributed by atoms with Gasteiger partial charge in [-0.15, -0.1) is 0 Å². The van der Waals surface area contributed by atoms with Gasteiger partial charge in [0.2, 0.25) is 5.91 Å². The van der Waals surface area contributed by atoms with Crippen LogP contribution in [-0.2, 0) is 18.3 Å². The maximum atomic E-state index is 12.7. The molecule has 0 aromatic carbocycles. The zero-order valence-corrected chi connectivity index (χ0v) is 15.6. The number of carbonyl (C=O) groups excluding carboxylic acids is 1. The molecule has 0 spiro atoms. The first-order valence-corrected chi connectivity index (χ1v) is 9.65. The molecule has 1 N–H and O–H groups in total. The van der Waals surface area contributed by atoms with Gasteiger partial charge in [0.1, 0.15) is 0 Å². The summed E-state index contributed by atoms with van der Waals surface area (Å²) in [4.78, 5) is 12.7. The first-order valence-electron chi connectivity index (χ1n) is 9.65. The van der Waals surface area contributed by atoms with Gasteiger partial charge in [-0.05, 0) is 82.5 Å². The first-order chi connectivity index (χ1) is 11.4. The smallest absolute Gasteiger partial charge is 0.224 e. The highest BCUT2D eigenvalue weighted by atomic mass is 16.1. The largest absolute Gasteiger partial charge is 0.353 e. The molecule has 4 fully saturated rings. The Labute approximate surface area is 145 Å². The van der Waals surface area contributed by atoms with Gasteiger partial charge in [0.05, 0.1) is 12.1 Å². The molecule has 1 atom stereocenters. The van der Waals surface area contributed by atoms with E-state index in [9.17, 15) is 4.79 Å². The summed E-state index contributed by atoms with van der Waals surface area (Å²) in [5.41, 5.74) is 3.55. The monoisotopic (exact) mass is 329 g/mol. The molecule has 0 aliphatic heterocycles. The molecule has 1 heterocycles. The molecule has 4 saturated carbocycles. The van der Waals surface area contributed by atoms with Gasteiger partial charge in [-0.2, -0.15) is 5.10 Å². The molecule has 4 nitrogen and oxygen atoms in total. The highest BCUT2D eigenvalue weighted by Gasteiger charge is 2.53. The third kappa shape index (κ3) is 2.58. The number of aromatic nitrogens is 2. The molecule has 4 aliphatic rings. The Morgan fingerprint density at radius 3 is 2.21 bits per heavy atom. The molecular formula is C20H31N3O. The van der Waals surface area contributed by atoms with Gasteiger partial charge in [0.25, 0.3) is 0 Å². The molecule has 132 valence electrons. The quantitative estimate of drug-likeness (QED) is 0.921. The van der Waals surface area contributed by atoms with Crippen LogP contribution in [0.5, 0.6) is 0 Å². The van der Waals surface area contributed by atoms with Crippen molar-refractivity contribution in [1.29, 1.82) is 0 Å². The maximum absolute atomic E-state index is 12.7. The van der Waals surface area contributed by atoms with Gasteiger partial charge in [-0.3, -0.25) is 9.48 Å². The van der Waals surface area contributed by atoms with E-state index in [-0.39, 0.29) is 5.91 Å². The fraction of sp³-hybridized carbons (Fsp3) is 0.800. The Morgan fingerprint density at radius 1 is 1.21 bits per heavy atom. The fourth-order valence-electron chi connectivity index (χ4n) is 6.39. The van der Waals surface area contributed by atoms with E-state index < -0.39 is 0 Å². The second-order valence-corrected chi connectivity index (χ2v) is 9.02. The van der Waals surface area contributed by atoms with Gasteiger partial charge in [-0.1, -0.05) is 0 Å². The number of hydrogen-bond acceptors (Lipinski definition) is 2. The van der Waals surface area contributed by atoms with Crippen molar-refractivity contribution in [2.24, 2.45) is 30.2 Å². The zero-order chi connectivity index (χ0) is 17.1. The number of nitrogens with one attached hydrogen (secondary N) is 1. The lowest BCUT2D eigenvalue weighted by atomic mass is 9.48. The molecule has 1 aromatic heterocycles. The van der Waals surface area contributed by atoms with E-state index in [4.69, 9.17) is 0 Å². The average Bonchev–Trinajstić information content (AvgIpc) is 2.72. The molecule has 4 heteroatoms. The molecule has 0 unspecified atom stereocenters. The van der Waals surface area contributed by atoms with Crippen molar-refractivity contribution in [3.63, 3.8) is 0 Å². The Bertz CT molecular complexity index is 625. The van der Waals surface area contributed by atoms with Crippen LogP contribution in [0.25, 0.3) is 0 Å². The Balaban J connectivity index is 1.44. The summed E-state index contributed by atoms with van der Waals surface area (Å²) >= 11 is 0. The van der Waals surface area contributed by atoms with Crippen molar-refractivity contribution < 1.29 is 4.79 Å². The Hall–Kier alpha value is -1.32. The van der Waals surface area contributed by atoms with Crippen LogP contribution in [0.4, 0.5) is 0 Å². The highest BCUT2D eigenvalue weighted by molar-refractivity contribution is 5.79. The van der Waals surface area contributed by atoms with E-state index in [1.54, 1.807) is 0 Å². The maximum Gasteiger partial charge on any atom is 0.224 e. The van der Waals surface area contributed by atoms with Crippen LogP contribution in [0.15, 0.2) is 0 Å². The van der Waals surface area contributed by atoms with Crippen molar-refractivity contribution in [2.45, 2.75) is 71.8 Å². The number of hydrogen-bond donors (Lipinski definition) is 1. The van der Waals surface area contributed by atoms with Gasteiger partial charge in [0.15, 0.2) is 0 Å². The van der Waals surface area contributed by atoms with Crippen LogP contribution < -0.4 is 5.32 Å². The fourth-order valence-corrected chi connectivity index (χ4v) is 6.39. The van der Waals surface area contributed by atoms with Crippen LogP contribution in [-0.4, -0.2) is 21.7 Å². The lowest BCUT2D eigenvalue weighted by molar-refractivity contribution is -0.125. The summed E-state index contributed by atoms with van der Waals surface area (Å²) in [5.74, 6) is 2.95. The summed E-state index contributed by atoms with van der Waals surface area (Å²) in [6, 6.07) is 0.302. The minimum absolute atomic E-state index is 0.164. The minimum Gasteiger partial charge on any atom is -0.353 e. The summed E-state index contributed by atoms with van der Waals surface area (Å²) < 4.78 is 1.88. The molecule has 4 aliphatic carbocycles. The third-order valence-corrected chi connectivity index (χ3v) is 7.38. The number of aryl methyl sites for hydroxylation is 2. The summed E-state index contributed by atoms with van der Waals surface area (Å²) in [6.07, 6.45) is 8.83. The predicted octanol–water partition coefficient (Wildman–Crippen LogP) is 3.30. The van der Waals surface area contributed by atoms with E-state index in [2.05, 4.69) is 17.3 Å². The number of amides is 1.